The molecule has 4 nitrogen and oxygen atoms in total. The summed E-state index contributed by atoms with van der Waals surface area (Å²) in [6.45, 7) is 0. The second-order valence-corrected chi connectivity index (χ2v) is 8.10. The van der Waals surface area contributed by atoms with Gasteiger partial charge in [0.2, 0.25) is 0 Å². The number of hydrogen-bond acceptors (Lipinski definition) is 4. The van der Waals surface area contributed by atoms with Crippen LogP contribution in [0.2, 0.25) is 0 Å². The first kappa shape index (κ1) is 18.9. The van der Waals surface area contributed by atoms with Crippen molar-refractivity contribution in [1.82, 2.24) is 14.8 Å². The van der Waals surface area contributed by atoms with Crippen LogP contribution in [-0.4, -0.2) is 19.9 Å². The number of para-hydroxylation sites is 1. The summed E-state index contributed by atoms with van der Waals surface area (Å²) in [6.07, 6.45) is -0.851. The fraction of sp³-hybridized carbons (Fsp3) is 0.0909. The van der Waals surface area contributed by atoms with Gasteiger partial charge in [0.05, 0.1) is 0 Å². The molecule has 1 aromatic heterocycles. The Kier molecular flexibility index (Phi) is 5.90. The van der Waals surface area contributed by atoms with E-state index >= 15 is 0 Å². The van der Waals surface area contributed by atoms with E-state index in [9.17, 15) is 5.11 Å². The van der Waals surface area contributed by atoms with Crippen molar-refractivity contribution in [2.45, 2.75) is 17.0 Å². The molecule has 6 heteroatoms. The van der Waals surface area contributed by atoms with Crippen molar-refractivity contribution in [3.8, 4) is 5.69 Å². The maximum Gasteiger partial charge on any atom is 0.196 e. The normalized spacial score (nSPS) is 12.1. The molecule has 0 aliphatic heterocycles. The van der Waals surface area contributed by atoms with Crippen LogP contribution >= 0.6 is 27.7 Å². The van der Waals surface area contributed by atoms with Crippen LogP contribution in [0.4, 0.5) is 0 Å². The largest absolute Gasteiger partial charge is 0.380 e. The molecule has 1 heterocycles. The molecule has 4 aromatic rings. The first-order valence-electron chi connectivity index (χ1n) is 8.83. The van der Waals surface area contributed by atoms with Crippen molar-refractivity contribution in [1.29, 1.82) is 0 Å². The third-order valence-corrected chi connectivity index (χ3v) is 5.84. The van der Waals surface area contributed by atoms with Gasteiger partial charge in [0.25, 0.3) is 0 Å². The van der Waals surface area contributed by atoms with Gasteiger partial charge in [0, 0.05) is 15.9 Å². The third kappa shape index (κ3) is 4.19. The Morgan fingerprint density at radius 2 is 1.50 bits per heavy atom. The van der Waals surface area contributed by atoms with Crippen molar-refractivity contribution in [2.75, 3.05) is 0 Å². The molecule has 3 aromatic carbocycles. The lowest BCUT2D eigenvalue weighted by molar-refractivity contribution is 0.207. The molecule has 0 bridgehead atoms. The minimum absolute atomic E-state index is 0.510. The lowest BCUT2D eigenvalue weighted by Crippen LogP contribution is -2.09. The van der Waals surface area contributed by atoms with Crippen molar-refractivity contribution in [3.63, 3.8) is 0 Å². The standard InChI is InChI=1S/C22H18BrN3OS/c23-18-13-11-16(12-14-18)15-28-22-25-24-21(20(27)17-7-3-1-4-8-17)26(22)19-9-5-2-6-10-19/h1-14,20,27H,15H2. The molecule has 0 saturated heterocycles. The van der Waals surface area contributed by atoms with Gasteiger partial charge in [-0.1, -0.05) is 88.4 Å². The quantitative estimate of drug-likeness (QED) is 0.398. The van der Waals surface area contributed by atoms with Gasteiger partial charge in [0.15, 0.2) is 11.0 Å². The topological polar surface area (TPSA) is 50.9 Å². The van der Waals surface area contributed by atoms with Crippen LogP contribution < -0.4 is 0 Å². The summed E-state index contributed by atoms with van der Waals surface area (Å²) in [4.78, 5) is 0. The van der Waals surface area contributed by atoms with E-state index in [1.807, 2.05) is 77.4 Å². The summed E-state index contributed by atoms with van der Waals surface area (Å²) in [5, 5.41) is 20.4. The van der Waals surface area contributed by atoms with Crippen LogP contribution in [0.15, 0.2) is 94.6 Å². The Morgan fingerprint density at radius 3 is 2.18 bits per heavy atom. The number of aliphatic hydroxyl groups is 1. The lowest BCUT2D eigenvalue weighted by atomic mass is 10.1. The Morgan fingerprint density at radius 1 is 0.857 bits per heavy atom. The SMILES string of the molecule is OC(c1ccccc1)c1nnc(SCc2ccc(Br)cc2)n1-c1ccccc1. The number of nitrogens with zero attached hydrogens (tertiary/aromatic N) is 3. The highest BCUT2D eigenvalue weighted by atomic mass is 79.9. The number of halogens is 1. The van der Waals surface area contributed by atoms with E-state index in [4.69, 9.17) is 0 Å². The molecule has 0 saturated carbocycles. The Hall–Kier alpha value is -2.41. The predicted octanol–water partition coefficient (Wildman–Crippen LogP) is 5.40. The van der Waals surface area contributed by atoms with Crippen molar-refractivity contribution in [2.24, 2.45) is 0 Å². The first-order chi connectivity index (χ1) is 13.7. The minimum Gasteiger partial charge on any atom is -0.380 e. The maximum absolute atomic E-state index is 10.9. The molecule has 0 aliphatic carbocycles. The van der Waals surface area contributed by atoms with E-state index < -0.39 is 6.10 Å². The molecule has 1 N–H and O–H groups in total. The zero-order chi connectivity index (χ0) is 19.3. The molecule has 0 aliphatic rings. The number of aliphatic hydroxyl groups excluding tert-OH is 1. The van der Waals surface area contributed by atoms with Crippen molar-refractivity contribution < 1.29 is 5.11 Å². The van der Waals surface area contributed by atoms with Gasteiger partial charge in [-0.05, 0) is 35.4 Å². The number of thioether (sulfide) groups is 1. The van der Waals surface area contributed by atoms with Crippen molar-refractivity contribution >= 4 is 27.7 Å². The van der Waals surface area contributed by atoms with Crippen LogP contribution in [0, 0.1) is 0 Å². The summed E-state index contributed by atoms with van der Waals surface area (Å²) < 4.78 is 2.99. The molecular formula is C22H18BrN3OS. The predicted molar refractivity (Wildman–Crippen MR) is 116 cm³/mol. The Bertz CT molecular complexity index is 1040. The fourth-order valence-electron chi connectivity index (χ4n) is 2.88. The van der Waals surface area contributed by atoms with E-state index in [1.165, 1.54) is 5.56 Å². The van der Waals surface area contributed by atoms with Gasteiger partial charge in [-0.25, -0.2) is 0 Å². The van der Waals surface area contributed by atoms with Gasteiger partial charge < -0.3 is 5.11 Å². The third-order valence-electron chi connectivity index (χ3n) is 4.31. The molecule has 140 valence electrons. The zero-order valence-electron chi connectivity index (χ0n) is 14.9. The van der Waals surface area contributed by atoms with E-state index in [0.717, 1.165) is 26.6 Å². The Balaban J connectivity index is 1.68. The molecule has 0 radical (unpaired) electrons. The molecule has 0 spiro atoms. The Labute approximate surface area is 176 Å². The van der Waals surface area contributed by atoms with Gasteiger partial charge in [-0.15, -0.1) is 10.2 Å². The van der Waals surface area contributed by atoms with E-state index in [2.05, 4.69) is 38.3 Å². The number of benzene rings is 3. The first-order valence-corrected chi connectivity index (χ1v) is 10.6. The monoisotopic (exact) mass is 451 g/mol. The van der Waals surface area contributed by atoms with Crippen molar-refractivity contribution in [3.05, 3.63) is 106 Å². The van der Waals surface area contributed by atoms with Crippen LogP contribution in [0.3, 0.4) is 0 Å². The molecule has 1 unspecified atom stereocenters. The van der Waals surface area contributed by atoms with Crippen LogP contribution in [0.25, 0.3) is 5.69 Å². The summed E-state index contributed by atoms with van der Waals surface area (Å²) in [7, 11) is 0. The molecule has 4 rings (SSSR count). The molecule has 0 fully saturated rings. The van der Waals surface area contributed by atoms with Gasteiger partial charge in [-0.2, -0.15) is 0 Å². The molecule has 28 heavy (non-hydrogen) atoms. The minimum atomic E-state index is -0.851. The summed E-state index contributed by atoms with van der Waals surface area (Å²) in [5.41, 5.74) is 2.91. The highest BCUT2D eigenvalue weighted by Crippen LogP contribution is 2.30. The number of hydrogen-bond donors (Lipinski definition) is 1. The zero-order valence-corrected chi connectivity index (χ0v) is 17.3. The average Bonchev–Trinajstić information content (AvgIpc) is 3.18. The van der Waals surface area contributed by atoms with E-state index in [1.54, 1.807) is 11.8 Å². The number of aromatic nitrogens is 3. The maximum atomic E-state index is 10.9. The molecule has 1 atom stereocenters. The molecular weight excluding hydrogens is 434 g/mol. The summed E-state index contributed by atoms with van der Waals surface area (Å²) in [6, 6.07) is 27.7. The van der Waals surface area contributed by atoms with Gasteiger partial charge in [0.1, 0.15) is 6.10 Å². The second kappa shape index (κ2) is 8.73. The lowest BCUT2D eigenvalue weighted by Gasteiger charge is -2.14. The van der Waals surface area contributed by atoms with Gasteiger partial charge >= 0.3 is 0 Å². The smallest absolute Gasteiger partial charge is 0.196 e. The molecule has 0 amide bonds. The highest BCUT2D eigenvalue weighted by Gasteiger charge is 2.22. The van der Waals surface area contributed by atoms with E-state index in [-0.39, 0.29) is 0 Å². The van der Waals surface area contributed by atoms with Crippen LogP contribution in [-0.2, 0) is 5.75 Å². The van der Waals surface area contributed by atoms with Crippen LogP contribution in [0.1, 0.15) is 23.1 Å². The number of rotatable bonds is 6. The summed E-state index contributed by atoms with van der Waals surface area (Å²) >= 11 is 5.06. The highest BCUT2D eigenvalue weighted by molar-refractivity contribution is 9.10. The van der Waals surface area contributed by atoms with Gasteiger partial charge in [-0.3, -0.25) is 4.57 Å². The summed E-state index contributed by atoms with van der Waals surface area (Å²) in [5.74, 6) is 1.27. The van der Waals surface area contributed by atoms with E-state index in [0.29, 0.717) is 5.82 Å². The van der Waals surface area contributed by atoms with Crippen LogP contribution in [0.5, 0.6) is 0 Å². The average molecular weight is 452 g/mol. The second-order valence-electron chi connectivity index (χ2n) is 6.24. The fourth-order valence-corrected chi connectivity index (χ4v) is 4.06.